The van der Waals surface area contributed by atoms with Crippen LogP contribution < -0.4 is 5.32 Å². The molecule has 2 aromatic rings. The van der Waals surface area contributed by atoms with Crippen molar-refractivity contribution in [2.24, 2.45) is 0 Å². The van der Waals surface area contributed by atoms with Crippen LogP contribution in [0.5, 0.6) is 0 Å². The average molecular weight is 289 g/mol. The summed E-state index contributed by atoms with van der Waals surface area (Å²) in [5.41, 5.74) is 4.07. The van der Waals surface area contributed by atoms with Crippen molar-refractivity contribution in [1.29, 1.82) is 0 Å². The van der Waals surface area contributed by atoms with Gasteiger partial charge in [-0.25, -0.2) is 0 Å². The summed E-state index contributed by atoms with van der Waals surface area (Å²) in [5.74, 6) is 0. The van der Waals surface area contributed by atoms with E-state index < -0.39 is 0 Å². The van der Waals surface area contributed by atoms with Crippen molar-refractivity contribution in [3.63, 3.8) is 0 Å². The first kappa shape index (κ1) is 15.1. The maximum atomic E-state index is 4.31. The third-order valence-electron chi connectivity index (χ3n) is 3.12. The zero-order valence-electron chi connectivity index (χ0n) is 12.9. The smallest absolute Gasteiger partial charge is 0.131 e. The molecule has 0 radical (unpaired) electrons. The minimum Gasteiger partial charge on any atom is -0.306 e. The SMILES string of the molecule is Cc1ccc(C)c(Cc2nnc(CNC(C)(C)C)s2)c1. The number of benzene rings is 1. The van der Waals surface area contributed by atoms with E-state index in [9.17, 15) is 0 Å². The lowest BCUT2D eigenvalue weighted by Crippen LogP contribution is -2.35. The topological polar surface area (TPSA) is 37.8 Å². The molecule has 1 aromatic carbocycles. The van der Waals surface area contributed by atoms with Crippen molar-refractivity contribution in [2.75, 3.05) is 0 Å². The molecule has 0 aliphatic carbocycles. The van der Waals surface area contributed by atoms with Gasteiger partial charge >= 0.3 is 0 Å². The van der Waals surface area contributed by atoms with Gasteiger partial charge in [0.25, 0.3) is 0 Å². The molecule has 0 saturated heterocycles. The van der Waals surface area contributed by atoms with E-state index in [1.165, 1.54) is 16.7 Å². The Morgan fingerprint density at radius 1 is 1.10 bits per heavy atom. The highest BCUT2D eigenvalue weighted by Gasteiger charge is 2.11. The number of rotatable bonds is 4. The van der Waals surface area contributed by atoms with E-state index in [4.69, 9.17) is 0 Å². The highest BCUT2D eigenvalue weighted by molar-refractivity contribution is 7.11. The van der Waals surface area contributed by atoms with Crippen molar-refractivity contribution in [2.45, 2.75) is 53.1 Å². The molecule has 3 nitrogen and oxygen atoms in total. The van der Waals surface area contributed by atoms with Gasteiger partial charge in [0.1, 0.15) is 10.0 Å². The normalized spacial score (nSPS) is 11.8. The molecule has 0 saturated carbocycles. The molecule has 0 spiro atoms. The Balaban J connectivity index is 2.04. The standard InChI is InChI=1S/C16H23N3S/c1-11-6-7-12(2)13(8-11)9-14-18-19-15(20-14)10-17-16(3,4)5/h6-8,17H,9-10H2,1-5H3. The molecule has 108 valence electrons. The van der Waals surface area contributed by atoms with Crippen molar-refractivity contribution in [1.82, 2.24) is 15.5 Å². The van der Waals surface area contributed by atoms with Gasteiger partial charge in [-0.3, -0.25) is 0 Å². The van der Waals surface area contributed by atoms with E-state index in [0.29, 0.717) is 0 Å². The molecule has 0 bridgehead atoms. The second-order valence-electron chi connectivity index (χ2n) is 6.30. The van der Waals surface area contributed by atoms with Crippen LogP contribution in [0.25, 0.3) is 0 Å². The first-order valence-electron chi connectivity index (χ1n) is 6.96. The van der Waals surface area contributed by atoms with E-state index in [0.717, 1.165) is 23.0 Å². The van der Waals surface area contributed by atoms with E-state index in [-0.39, 0.29) is 5.54 Å². The van der Waals surface area contributed by atoms with Gasteiger partial charge in [0.2, 0.25) is 0 Å². The molecule has 1 N–H and O–H groups in total. The Morgan fingerprint density at radius 3 is 2.50 bits per heavy atom. The predicted octanol–water partition coefficient (Wildman–Crippen LogP) is 3.63. The molecule has 0 amide bonds. The monoisotopic (exact) mass is 289 g/mol. The fraction of sp³-hybridized carbons (Fsp3) is 0.500. The number of aromatic nitrogens is 2. The quantitative estimate of drug-likeness (QED) is 0.934. The lowest BCUT2D eigenvalue weighted by molar-refractivity contribution is 0.423. The molecule has 0 aliphatic rings. The van der Waals surface area contributed by atoms with Crippen LogP contribution in [0.1, 0.15) is 47.5 Å². The second-order valence-corrected chi connectivity index (χ2v) is 7.45. The maximum Gasteiger partial charge on any atom is 0.131 e. The summed E-state index contributed by atoms with van der Waals surface area (Å²) < 4.78 is 0. The summed E-state index contributed by atoms with van der Waals surface area (Å²) >= 11 is 1.70. The van der Waals surface area contributed by atoms with Crippen LogP contribution in [0.2, 0.25) is 0 Å². The molecule has 0 fully saturated rings. The van der Waals surface area contributed by atoms with Crippen molar-refractivity contribution >= 4 is 11.3 Å². The lowest BCUT2D eigenvalue weighted by Gasteiger charge is -2.19. The lowest BCUT2D eigenvalue weighted by atomic mass is 10.0. The third kappa shape index (κ3) is 4.39. The van der Waals surface area contributed by atoms with Gasteiger partial charge in [0.15, 0.2) is 0 Å². The summed E-state index contributed by atoms with van der Waals surface area (Å²) in [6.07, 6.45) is 0.876. The van der Waals surface area contributed by atoms with Gasteiger partial charge < -0.3 is 5.32 Å². The van der Waals surface area contributed by atoms with E-state index in [2.05, 4.69) is 68.3 Å². The Bertz CT molecular complexity index is 582. The van der Waals surface area contributed by atoms with Gasteiger partial charge in [-0.2, -0.15) is 0 Å². The van der Waals surface area contributed by atoms with Crippen LogP contribution in [0.15, 0.2) is 18.2 Å². The first-order valence-corrected chi connectivity index (χ1v) is 7.77. The van der Waals surface area contributed by atoms with Crippen LogP contribution in [-0.2, 0) is 13.0 Å². The first-order chi connectivity index (χ1) is 9.33. The van der Waals surface area contributed by atoms with Gasteiger partial charge in [-0.15, -0.1) is 10.2 Å². The molecule has 0 aliphatic heterocycles. The summed E-state index contributed by atoms with van der Waals surface area (Å²) in [6, 6.07) is 6.56. The Morgan fingerprint density at radius 2 is 1.80 bits per heavy atom. The van der Waals surface area contributed by atoms with Crippen LogP contribution in [0, 0.1) is 13.8 Å². The fourth-order valence-corrected chi connectivity index (χ4v) is 2.73. The largest absolute Gasteiger partial charge is 0.306 e. The molecule has 4 heteroatoms. The van der Waals surface area contributed by atoms with Crippen LogP contribution in [-0.4, -0.2) is 15.7 Å². The number of aryl methyl sites for hydroxylation is 2. The van der Waals surface area contributed by atoms with E-state index in [1.807, 2.05) is 0 Å². The predicted molar refractivity (Wildman–Crippen MR) is 85.2 cm³/mol. The minimum atomic E-state index is 0.110. The molecule has 2 rings (SSSR count). The maximum absolute atomic E-state index is 4.31. The summed E-state index contributed by atoms with van der Waals surface area (Å²) in [4.78, 5) is 0. The Kier molecular flexibility index (Phi) is 4.55. The third-order valence-corrected chi connectivity index (χ3v) is 4.05. The molecule has 0 unspecified atom stereocenters. The van der Waals surface area contributed by atoms with Crippen molar-refractivity contribution in [3.05, 3.63) is 44.9 Å². The summed E-state index contributed by atoms with van der Waals surface area (Å²) in [7, 11) is 0. The Labute approximate surface area is 125 Å². The average Bonchev–Trinajstić information content (AvgIpc) is 2.78. The summed E-state index contributed by atoms with van der Waals surface area (Å²) in [5, 5.41) is 14.2. The van der Waals surface area contributed by atoms with Gasteiger partial charge in [-0.1, -0.05) is 35.1 Å². The van der Waals surface area contributed by atoms with Crippen molar-refractivity contribution in [3.8, 4) is 0 Å². The molecular weight excluding hydrogens is 266 g/mol. The number of nitrogens with one attached hydrogen (secondary N) is 1. The van der Waals surface area contributed by atoms with Crippen LogP contribution in [0.4, 0.5) is 0 Å². The number of nitrogens with zero attached hydrogens (tertiary/aromatic N) is 2. The zero-order valence-corrected chi connectivity index (χ0v) is 13.8. The van der Waals surface area contributed by atoms with Gasteiger partial charge in [0, 0.05) is 12.0 Å². The van der Waals surface area contributed by atoms with Gasteiger partial charge in [0.05, 0.1) is 6.54 Å². The highest BCUT2D eigenvalue weighted by atomic mass is 32.1. The zero-order chi connectivity index (χ0) is 14.8. The highest BCUT2D eigenvalue weighted by Crippen LogP contribution is 2.18. The molecular formula is C16H23N3S. The number of hydrogen-bond acceptors (Lipinski definition) is 4. The molecule has 1 aromatic heterocycles. The fourth-order valence-electron chi connectivity index (χ4n) is 1.93. The number of hydrogen-bond donors (Lipinski definition) is 1. The minimum absolute atomic E-state index is 0.110. The van der Waals surface area contributed by atoms with Gasteiger partial charge in [-0.05, 0) is 45.7 Å². The molecule has 20 heavy (non-hydrogen) atoms. The van der Waals surface area contributed by atoms with Crippen molar-refractivity contribution < 1.29 is 0 Å². The van der Waals surface area contributed by atoms with Crippen LogP contribution in [0.3, 0.4) is 0 Å². The Hall–Kier alpha value is -1.26. The summed E-state index contributed by atoms with van der Waals surface area (Å²) in [6.45, 7) is 11.5. The van der Waals surface area contributed by atoms with E-state index in [1.54, 1.807) is 11.3 Å². The molecule has 0 atom stereocenters. The second kappa shape index (κ2) is 6.02. The van der Waals surface area contributed by atoms with E-state index >= 15 is 0 Å². The van der Waals surface area contributed by atoms with Crippen LogP contribution >= 0.6 is 11.3 Å². The molecule has 1 heterocycles.